The third kappa shape index (κ3) is 10.5. The van der Waals surface area contributed by atoms with Crippen LogP contribution >= 0.6 is 11.6 Å². The number of pyridine rings is 1. The minimum absolute atomic E-state index is 0.0271. The SMILES string of the molecule is CC.CC.CC.CCC/C=C/C(=NC1=C(C)N(c2ccc(C)c(Cl)c2)CC1(C)C)C(=O)N1CCN(c2cc(C)c(C(C)=O)c(C)n2)CC1(C)C. The van der Waals surface area contributed by atoms with Gasteiger partial charge in [-0.1, -0.05) is 92.5 Å². The van der Waals surface area contributed by atoms with E-state index in [-0.39, 0.29) is 17.1 Å². The molecule has 0 radical (unpaired) electrons. The number of benzene rings is 1. The van der Waals surface area contributed by atoms with Gasteiger partial charge in [0.15, 0.2) is 5.78 Å². The van der Waals surface area contributed by atoms with E-state index in [1.54, 1.807) is 6.92 Å². The van der Waals surface area contributed by atoms with E-state index >= 15 is 0 Å². The number of piperazine rings is 1. The summed E-state index contributed by atoms with van der Waals surface area (Å²) < 4.78 is 0. The Morgan fingerprint density at radius 1 is 0.920 bits per heavy atom. The van der Waals surface area contributed by atoms with Crippen LogP contribution in [0.2, 0.25) is 5.02 Å². The van der Waals surface area contributed by atoms with Crippen molar-refractivity contribution < 1.29 is 9.59 Å². The van der Waals surface area contributed by atoms with Crippen molar-refractivity contribution in [1.29, 1.82) is 0 Å². The van der Waals surface area contributed by atoms with E-state index in [4.69, 9.17) is 21.6 Å². The molecule has 1 fully saturated rings. The summed E-state index contributed by atoms with van der Waals surface area (Å²) in [6.45, 7) is 34.7. The van der Waals surface area contributed by atoms with Gasteiger partial charge in [-0.05, 0) is 90.3 Å². The third-order valence-corrected chi connectivity index (χ3v) is 9.21. The molecule has 0 bridgehead atoms. The molecule has 1 aromatic carbocycles. The number of aromatic nitrogens is 1. The zero-order valence-electron chi connectivity index (χ0n) is 34.1. The number of aliphatic imine (C=N–C) groups is 1. The summed E-state index contributed by atoms with van der Waals surface area (Å²) in [6, 6.07) is 8.12. The second-order valence-electron chi connectivity index (χ2n) is 13.5. The van der Waals surface area contributed by atoms with E-state index in [1.165, 1.54) is 0 Å². The number of hydrogen-bond donors (Lipinski definition) is 0. The van der Waals surface area contributed by atoms with Crippen molar-refractivity contribution in [2.45, 2.75) is 129 Å². The van der Waals surface area contributed by atoms with Crippen LogP contribution in [0.1, 0.15) is 130 Å². The highest BCUT2D eigenvalue weighted by atomic mass is 35.5. The Morgan fingerprint density at radius 2 is 1.54 bits per heavy atom. The number of amides is 1. The van der Waals surface area contributed by atoms with Gasteiger partial charge >= 0.3 is 0 Å². The average molecular weight is 708 g/mol. The van der Waals surface area contributed by atoms with Gasteiger partial charge in [0.2, 0.25) is 0 Å². The van der Waals surface area contributed by atoms with Crippen LogP contribution in [0, 0.1) is 26.2 Å². The fourth-order valence-electron chi connectivity index (χ4n) is 6.48. The maximum atomic E-state index is 14.3. The minimum atomic E-state index is -0.475. The lowest BCUT2D eigenvalue weighted by atomic mass is 9.91. The summed E-state index contributed by atoms with van der Waals surface area (Å²) in [4.78, 5) is 42.8. The molecule has 0 aliphatic carbocycles. The van der Waals surface area contributed by atoms with Gasteiger partial charge in [0.25, 0.3) is 5.91 Å². The second-order valence-corrected chi connectivity index (χ2v) is 13.9. The molecule has 0 atom stereocenters. The van der Waals surface area contributed by atoms with Crippen molar-refractivity contribution in [3.8, 4) is 0 Å². The molecule has 2 aliphatic heterocycles. The number of carbonyl (C=O) groups is 2. The molecule has 7 nitrogen and oxygen atoms in total. The molecule has 3 heterocycles. The predicted octanol–water partition coefficient (Wildman–Crippen LogP) is 10.9. The summed E-state index contributed by atoms with van der Waals surface area (Å²) in [5.74, 6) is 0.799. The quantitative estimate of drug-likeness (QED) is 0.202. The lowest BCUT2D eigenvalue weighted by molar-refractivity contribution is -0.129. The van der Waals surface area contributed by atoms with Gasteiger partial charge in [0.05, 0.1) is 16.9 Å². The zero-order valence-corrected chi connectivity index (χ0v) is 34.9. The van der Waals surface area contributed by atoms with Gasteiger partial charge in [-0.3, -0.25) is 9.59 Å². The molecule has 1 aromatic heterocycles. The molecular formula is C42H66ClN5O2. The van der Waals surface area contributed by atoms with E-state index in [9.17, 15) is 9.59 Å². The van der Waals surface area contributed by atoms with Crippen LogP contribution in [0.5, 0.6) is 0 Å². The van der Waals surface area contributed by atoms with E-state index in [2.05, 4.69) is 63.5 Å². The number of Topliss-reactive ketones (excluding diaryl/α,β-unsaturated/α-hetero) is 1. The van der Waals surface area contributed by atoms with E-state index in [1.807, 2.05) is 91.5 Å². The first-order chi connectivity index (χ1) is 23.6. The lowest BCUT2D eigenvalue weighted by Crippen LogP contribution is -2.62. The number of unbranched alkanes of at least 4 members (excludes halogenated alkanes) is 1. The highest BCUT2D eigenvalue weighted by Gasteiger charge is 2.41. The Balaban J connectivity index is 0.00000197. The van der Waals surface area contributed by atoms with E-state index < -0.39 is 5.54 Å². The molecule has 0 spiro atoms. The van der Waals surface area contributed by atoms with Crippen molar-refractivity contribution >= 4 is 40.5 Å². The van der Waals surface area contributed by atoms with Crippen LogP contribution < -0.4 is 9.80 Å². The maximum Gasteiger partial charge on any atom is 0.273 e. The number of ketones is 1. The van der Waals surface area contributed by atoms with Gasteiger partial charge in [-0.2, -0.15) is 0 Å². The smallest absolute Gasteiger partial charge is 0.273 e. The zero-order chi connectivity index (χ0) is 38.6. The Labute approximate surface area is 309 Å². The van der Waals surface area contributed by atoms with Crippen LogP contribution in [0.15, 0.2) is 52.8 Å². The van der Waals surface area contributed by atoms with Crippen LogP contribution in [-0.4, -0.2) is 59.0 Å². The molecule has 278 valence electrons. The number of halogens is 1. The van der Waals surface area contributed by atoms with Crippen LogP contribution in [0.25, 0.3) is 0 Å². The first-order valence-corrected chi connectivity index (χ1v) is 19.0. The molecule has 50 heavy (non-hydrogen) atoms. The fourth-order valence-corrected chi connectivity index (χ4v) is 6.66. The van der Waals surface area contributed by atoms with Gasteiger partial charge in [-0.25, -0.2) is 9.98 Å². The summed E-state index contributed by atoms with van der Waals surface area (Å²) in [7, 11) is 0. The highest BCUT2D eigenvalue weighted by molar-refractivity contribution is 6.43. The lowest BCUT2D eigenvalue weighted by Gasteiger charge is -2.47. The molecule has 1 saturated heterocycles. The van der Waals surface area contributed by atoms with Gasteiger partial charge in [0, 0.05) is 53.6 Å². The number of hydrogen-bond acceptors (Lipinski definition) is 6. The van der Waals surface area contributed by atoms with Crippen molar-refractivity contribution in [3.05, 3.63) is 75.2 Å². The number of aryl methyl sites for hydroxylation is 3. The van der Waals surface area contributed by atoms with Crippen molar-refractivity contribution in [3.63, 3.8) is 0 Å². The molecule has 2 aliphatic rings. The molecule has 8 heteroatoms. The summed E-state index contributed by atoms with van der Waals surface area (Å²) in [5.41, 5.74) is 6.07. The van der Waals surface area contributed by atoms with Crippen molar-refractivity contribution in [2.75, 3.05) is 36.0 Å². The van der Waals surface area contributed by atoms with E-state index in [0.717, 1.165) is 64.1 Å². The van der Waals surface area contributed by atoms with Gasteiger partial charge in [0.1, 0.15) is 11.5 Å². The number of carbonyl (C=O) groups excluding carboxylic acids is 2. The van der Waals surface area contributed by atoms with Crippen molar-refractivity contribution in [2.24, 2.45) is 10.4 Å². The number of nitrogens with zero attached hydrogens (tertiary/aromatic N) is 5. The fraction of sp³-hybridized carbons (Fsp3) is 0.571. The molecule has 0 unspecified atom stereocenters. The molecule has 1 amide bonds. The van der Waals surface area contributed by atoms with Gasteiger partial charge in [-0.15, -0.1) is 0 Å². The molecule has 2 aromatic rings. The van der Waals surface area contributed by atoms with Crippen LogP contribution in [0.4, 0.5) is 11.5 Å². The van der Waals surface area contributed by atoms with E-state index in [0.29, 0.717) is 30.9 Å². The van der Waals surface area contributed by atoms with Crippen LogP contribution in [0.3, 0.4) is 0 Å². The van der Waals surface area contributed by atoms with Crippen LogP contribution in [-0.2, 0) is 4.79 Å². The molecular weight excluding hydrogens is 642 g/mol. The van der Waals surface area contributed by atoms with Crippen molar-refractivity contribution in [1.82, 2.24) is 9.88 Å². The molecule has 0 N–H and O–H groups in total. The largest absolute Gasteiger partial charge is 0.352 e. The average Bonchev–Trinajstić information content (AvgIpc) is 3.30. The standard InChI is InChI=1S/C36H48ClN5O2.3C2H6/c1-11-12-13-14-30(39-33-26(5)41(21-35(33,7)8)28-16-15-23(2)29(37)20-28)34(44)42-18-17-40(22-36(42,9)10)31-19-24(3)32(27(6)43)25(4)38-31;3*1-2/h13-16,19-20H,11-12,17-18,21-22H2,1-10H3;3*1-2H3/b14-13+,39-30?;;;. The first-order valence-electron chi connectivity index (χ1n) is 18.6. The Kier molecular flexibility index (Phi) is 17.7. The van der Waals surface area contributed by atoms with Gasteiger partial charge < -0.3 is 14.7 Å². The minimum Gasteiger partial charge on any atom is -0.352 e. The third-order valence-electron chi connectivity index (χ3n) is 8.80. The summed E-state index contributed by atoms with van der Waals surface area (Å²) >= 11 is 6.49. The molecule has 0 saturated carbocycles. The first kappa shape index (κ1) is 44.6. The maximum absolute atomic E-state index is 14.3. The predicted molar refractivity (Wildman–Crippen MR) is 217 cm³/mol. The summed E-state index contributed by atoms with van der Waals surface area (Å²) in [6.07, 6.45) is 5.83. The number of anilines is 2. The molecule has 4 rings (SSSR count). The normalized spacial score (nSPS) is 16.7. The second kappa shape index (κ2) is 19.8. The Morgan fingerprint density at radius 3 is 2.06 bits per heavy atom. The number of allylic oxidation sites excluding steroid dienone is 2. The highest BCUT2D eigenvalue weighted by Crippen LogP contribution is 2.42. The summed E-state index contributed by atoms with van der Waals surface area (Å²) in [5, 5.41) is 0.736. The Bertz CT molecular complexity index is 1530. The Hall–Kier alpha value is -3.45. The number of rotatable bonds is 8. The monoisotopic (exact) mass is 707 g/mol. The topological polar surface area (TPSA) is 69.1 Å².